The van der Waals surface area contributed by atoms with Crippen LogP contribution in [-0.4, -0.2) is 71.8 Å². The summed E-state index contributed by atoms with van der Waals surface area (Å²) in [5, 5.41) is 36.5. The SMILES string of the molecule is Cc1cc(S(=O)(=O)O)c2nc(-c3ccc4nc(-c5ccc(N=Nc6cc(N=Nc7cc(S(=O)(=O)O)cc8c(N=Nc9cc(N=Nc%10ccc(-c%11nc%12ccc(-c%13nc%14c(S(=O)(=O)O)cc(C)cc%14s%13)cc%12s%11)cc%10)c(N)cc9N)cc(S(=O)(=O)O)cc78)c(N)cc6N)cc5)sc4c3)sc2c1. The predicted molar refractivity (Wildman–Crippen MR) is 387 cm³/mol. The molecule has 14 aromatic rings. The van der Waals surface area contributed by atoms with Crippen molar-refractivity contribution in [2.45, 2.75) is 33.4 Å². The first-order valence-electron chi connectivity index (χ1n) is 28.8. The fourth-order valence-corrected chi connectivity index (χ4v) is 17.3. The standard InChI is InChI=1S/C64H44N16O12S8/c1-29-15-55-59(57(17-29)99(87,88)89)71-63(95-55)33-7-13-45-53(19-33)93-61(69-45)31-3-9-35(10-4-31)73-77-49-27-51(43(67)25-41(49)65)79-75-47-23-37(97(81,82)83)22-40-39(47)21-38(98(84,85)86)24-48(40)76-80-52-28-50(42(66)26-44(52)68)78-74-36-11-5-32(6-12-36)62-70-46-14-8-34(20-54(46)94-62)64-72-60-56(96-64)16-30(2)18-58(60)100(90,91)92/h3-28H,65-68H2,1-2H3,(H,81,82,83)(H,84,85,86)(H,87,88,89)(H,90,91,92). The van der Waals surface area contributed by atoms with Gasteiger partial charge in [0, 0.05) is 33.0 Å². The van der Waals surface area contributed by atoms with Gasteiger partial charge in [-0.25, -0.2) is 19.9 Å². The molecule has 0 aliphatic heterocycles. The average molecular weight is 1490 g/mol. The van der Waals surface area contributed by atoms with E-state index in [2.05, 4.69) is 50.9 Å². The lowest BCUT2D eigenvalue weighted by Gasteiger charge is -2.10. The Morgan fingerprint density at radius 3 is 0.990 bits per heavy atom. The highest BCUT2D eigenvalue weighted by Gasteiger charge is 2.25. The molecule has 14 rings (SSSR count). The molecule has 0 spiro atoms. The average Bonchev–Trinajstić information content (AvgIpc) is 1.18. The molecule has 36 heteroatoms. The first kappa shape index (κ1) is 66.5. The van der Waals surface area contributed by atoms with Crippen LogP contribution in [-0.2, 0) is 40.5 Å². The van der Waals surface area contributed by atoms with E-state index >= 15 is 0 Å². The van der Waals surface area contributed by atoms with Gasteiger partial charge in [-0.3, -0.25) is 18.2 Å². The minimum absolute atomic E-state index is 0.0179. The van der Waals surface area contributed by atoms with E-state index in [1.165, 1.54) is 81.7 Å². The molecule has 0 atom stereocenters. The van der Waals surface area contributed by atoms with E-state index in [1.807, 2.05) is 48.5 Å². The van der Waals surface area contributed by atoms with Crippen LogP contribution in [0.4, 0.5) is 68.2 Å². The van der Waals surface area contributed by atoms with Crippen molar-refractivity contribution in [2.24, 2.45) is 40.9 Å². The third kappa shape index (κ3) is 13.5. The van der Waals surface area contributed by atoms with Crippen molar-refractivity contribution in [3.05, 3.63) is 169 Å². The zero-order valence-corrected chi connectivity index (χ0v) is 57.5. The highest BCUT2D eigenvalue weighted by molar-refractivity contribution is 7.86. The summed E-state index contributed by atoms with van der Waals surface area (Å²) in [5.74, 6) is 0. The Labute approximate surface area is 581 Å². The summed E-state index contributed by atoms with van der Waals surface area (Å²) in [6.07, 6.45) is 0. The smallest absolute Gasteiger partial charge is 0.296 e. The van der Waals surface area contributed by atoms with Gasteiger partial charge in [0.15, 0.2) is 0 Å². The van der Waals surface area contributed by atoms with Gasteiger partial charge < -0.3 is 22.9 Å². The summed E-state index contributed by atoms with van der Waals surface area (Å²) in [5.41, 5.74) is 31.8. The lowest BCUT2D eigenvalue weighted by molar-refractivity contribution is 0.481. The van der Waals surface area contributed by atoms with E-state index in [-0.39, 0.29) is 88.5 Å². The molecule has 0 radical (unpaired) electrons. The van der Waals surface area contributed by atoms with Crippen LogP contribution in [0.3, 0.4) is 0 Å². The van der Waals surface area contributed by atoms with Crippen molar-refractivity contribution in [1.82, 2.24) is 19.9 Å². The van der Waals surface area contributed by atoms with Crippen LogP contribution in [0.25, 0.3) is 93.9 Å². The molecule has 0 fully saturated rings. The van der Waals surface area contributed by atoms with Crippen molar-refractivity contribution in [1.29, 1.82) is 0 Å². The fourth-order valence-electron chi connectivity index (χ4n) is 10.4. The largest absolute Gasteiger partial charge is 0.397 e. The molecule has 10 aromatic carbocycles. The van der Waals surface area contributed by atoms with E-state index in [0.29, 0.717) is 51.9 Å². The topological polar surface area (TPSA) is 472 Å². The van der Waals surface area contributed by atoms with E-state index < -0.39 is 50.3 Å². The van der Waals surface area contributed by atoms with Gasteiger partial charge in [0.05, 0.1) is 85.1 Å². The van der Waals surface area contributed by atoms with Crippen molar-refractivity contribution in [2.75, 3.05) is 22.9 Å². The van der Waals surface area contributed by atoms with Gasteiger partial charge in [-0.1, -0.05) is 0 Å². The number of thiazole rings is 4. The summed E-state index contributed by atoms with van der Waals surface area (Å²) in [6.45, 7) is 3.47. The Balaban J connectivity index is 0.700. The summed E-state index contributed by atoms with van der Waals surface area (Å²) in [4.78, 5) is 16.8. The molecule has 0 aliphatic carbocycles. The lowest BCUT2D eigenvalue weighted by Crippen LogP contribution is -2.00. The second-order valence-electron chi connectivity index (χ2n) is 22.4. The number of hydrogen-bond donors (Lipinski definition) is 8. The molecule has 0 saturated carbocycles. The van der Waals surface area contributed by atoms with Crippen LogP contribution in [0, 0.1) is 13.8 Å². The van der Waals surface area contributed by atoms with Crippen LogP contribution in [0.15, 0.2) is 218 Å². The van der Waals surface area contributed by atoms with Gasteiger partial charge in [0.2, 0.25) is 0 Å². The number of aryl methyl sites for hydroxylation is 2. The van der Waals surface area contributed by atoms with Gasteiger partial charge in [-0.15, -0.1) is 76.0 Å². The number of azo groups is 4. The number of anilines is 4. The Kier molecular flexibility index (Phi) is 16.8. The predicted octanol–water partition coefficient (Wildman–Crippen LogP) is 17.5. The van der Waals surface area contributed by atoms with Gasteiger partial charge >= 0.3 is 0 Å². The maximum Gasteiger partial charge on any atom is 0.296 e. The van der Waals surface area contributed by atoms with Crippen LogP contribution in [0.2, 0.25) is 0 Å². The second-order valence-corrected chi connectivity index (χ2v) is 32.1. The Morgan fingerprint density at radius 1 is 0.320 bits per heavy atom. The third-order valence-corrected chi connectivity index (χ3v) is 22.9. The van der Waals surface area contributed by atoms with Crippen molar-refractivity contribution >= 4 is 206 Å². The number of nitrogens with two attached hydrogens (primary N) is 4. The first-order valence-corrected chi connectivity index (χ1v) is 37.9. The molecule has 500 valence electrons. The van der Waals surface area contributed by atoms with E-state index in [0.717, 1.165) is 67.0 Å². The molecule has 12 N–H and O–H groups in total. The Morgan fingerprint density at radius 2 is 0.640 bits per heavy atom. The van der Waals surface area contributed by atoms with Crippen molar-refractivity contribution in [3.63, 3.8) is 0 Å². The van der Waals surface area contributed by atoms with E-state index in [4.69, 9.17) is 32.9 Å². The number of rotatable bonds is 16. The summed E-state index contributed by atoms with van der Waals surface area (Å²) < 4.78 is 143. The zero-order valence-electron chi connectivity index (χ0n) is 51.0. The second kappa shape index (κ2) is 25.2. The normalized spacial score (nSPS) is 12.8. The Bertz CT molecular complexity index is 6050. The molecule has 0 saturated heterocycles. The molecular formula is C64H44N16O12S8. The van der Waals surface area contributed by atoms with Crippen LogP contribution in [0.1, 0.15) is 11.1 Å². The molecule has 0 unspecified atom stereocenters. The highest BCUT2D eigenvalue weighted by Crippen LogP contribution is 2.45. The first-order chi connectivity index (χ1) is 47.4. The maximum absolute atomic E-state index is 12.8. The summed E-state index contributed by atoms with van der Waals surface area (Å²) in [7, 11) is -19.1. The van der Waals surface area contributed by atoms with Crippen LogP contribution in [0.5, 0.6) is 0 Å². The van der Waals surface area contributed by atoms with Gasteiger partial charge in [-0.2, -0.15) is 43.9 Å². The van der Waals surface area contributed by atoms with Gasteiger partial charge in [0.1, 0.15) is 63.6 Å². The van der Waals surface area contributed by atoms with Crippen molar-refractivity contribution in [3.8, 4) is 42.3 Å². The number of benzene rings is 10. The molecule has 0 aliphatic rings. The fraction of sp³-hybridized carbons (Fsp3) is 0.0312. The van der Waals surface area contributed by atoms with Crippen molar-refractivity contribution < 1.29 is 51.9 Å². The van der Waals surface area contributed by atoms with E-state index in [1.54, 1.807) is 62.4 Å². The number of aromatic nitrogens is 4. The monoisotopic (exact) mass is 1480 g/mol. The number of nitrogens with zero attached hydrogens (tertiary/aromatic N) is 12. The molecule has 4 aromatic heterocycles. The maximum atomic E-state index is 12.8. The third-order valence-electron chi connectivity index (χ3n) is 15.3. The van der Waals surface area contributed by atoms with Gasteiger partial charge in [0.25, 0.3) is 40.5 Å². The Hall–Kier alpha value is -10.7. The highest BCUT2D eigenvalue weighted by atomic mass is 32.2. The molecular weight excluding hydrogens is 1440 g/mol. The number of hydrogen-bond acceptors (Lipinski definition) is 28. The number of fused-ring (bicyclic) bond motifs is 5. The molecule has 4 heterocycles. The van der Waals surface area contributed by atoms with E-state index in [9.17, 15) is 51.9 Å². The van der Waals surface area contributed by atoms with Crippen LogP contribution < -0.4 is 22.9 Å². The lowest BCUT2D eigenvalue weighted by atomic mass is 10.1. The summed E-state index contributed by atoms with van der Waals surface area (Å²) in [6, 6.07) is 40.7. The quantitative estimate of drug-likeness (QED) is 0.0253. The molecule has 100 heavy (non-hydrogen) atoms. The molecule has 0 amide bonds. The molecule has 0 bridgehead atoms. The minimum Gasteiger partial charge on any atom is -0.397 e. The van der Waals surface area contributed by atoms with Gasteiger partial charge in [-0.05, 0) is 183 Å². The number of nitrogen functional groups attached to an aromatic ring is 4. The minimum atomic E-state index is -5.03. The zero-order chi connectivity index (χ0) is 70.5. The summed E-state index contributed by atoms with van der Waals surface area (Å²) >= 11 is 5.45. The molecule has 28 nitrogen and oxygen atoms in total. The van der Waals surface area contributed by atoms with Crippen LogP contribution >= 0.6 is 45.3 Å².